The summed E-state index contributed by atoms with van der Waals surface area (Å²) < 4.78 is 25.9. The second-order valence-electron chi connectivity index (χ2n) is 2.65. The van der Waals surface area contributed by atoms with Crippen molar-refractivity contribution in [2.45, 2.75) is 13.8 Å². The molecule has 0 saturated carbocycles. The average Bonchev–Trinajstić information content (AvgIpc) is 2.02. The zero-order valence-electron chi connectivity index (χ0n) is 6.82. The third kappa shape index (κ3) is 1.22. The molecule has 12 heavy (non-hydrogen) atoms. The fourth-order valence-electron chi connectivity index (χ4n) is 1.01. The SMILES string of the molecule is Cc1cc(F)c(C)c(C=O)c1F. The number of carbonyl (C=O) groups is 1. The first-order valence-electron chi connectivity index (χ1n) is 3.48. The Bertz CT molecular complexity index is 306. The maximum atomic E-state index is 13.0. The monoisotopic (exact) mass is 170 g/mol. The molecule has 0 N–H and O–H groups in total. The number of carbonyl (C=O) groups excluding carboxylic acids is 1. The number of benzene rings is 1. The van der Waals surface area contributed by atoms with E-state index >= 15 is 0 Å². The van der Waals surface area contributed by atoms with Crippen LogP contribution in [0.25, 0.3) is 0 Å². The lowest BCUT2D eigenvalue weighted by Crippen LogP contribution is -1.98. The molecule has 0 unspecified atom stereocenters. The largest absolute Gasteiger partial charge is 0.298 e. The van der Waals surface area contributed by atoms with Gasteiger partial charge in [-0.05, 0) is 31.0 Å². The van der Waals surface area contributed by atoms with E-state index in [-0.39, 0.29) is 16.7 Å². The van der Waals surface area contributed by atoms with Crippen LogP contribution in [-0.2, 0) is 0 Å². The van der Waals surface area contributed by atoms with Crippen molar-refractivity contribution in [3.63, 3.8) is 0 Å². The molecule has 0 amide bonds. The first kappa shape index (κ1) is 8.84. The molecule has 1 aromatic carbocycles. The summed E-state index contributed by atoms with van der Waals surface area (Å²) in [7, 11) is 0. The average molecular weight is 170 g/mol. The van der Waals surface area contributed by atoms with Gasteiger partial charge in [-0.15, -0.1) is 0 Å². The molecular weight excluding hydrogens is 162 g/mol. The molecule has 0 fully saturated rings. The molecule has 0 aliphatic heterocycles. The summed E-state index contributed by atoms with van der Waals surface area (Å²) in [6.45, 7) is 2.80. The van der Waals surface area contributed by atoms with Crippen molar-refractivity contribution in [3.8, 4) is 0 Å². The van der Waals surface area contributed by atoms with Crippen LogP contribution < -0.4 is 0 Å². The second kappa shape index (κ2) is 3.01. The van der Waals surface area contributed by atoms with E-state index in [1.165, 1.54) is 13.8 Å². The molecule has 0 atom stereocenters. The Balaban J connectivity index is 3.52. The molecule has 0 saturated heterocycles. The van der Waals surface area contributed by atoms with E-state index < -0.39 is 11.6 Å². The number of hydrogen-bond donors (Lipinski definition) is 0. The summed E-state index contributed by atoms with van der Waals surface area (Å²) >= 11 is 0. The summed E-state index contributed by atoms with van der Waals surface area (Å²) in [6.07, 6.45) is 0.334. The van der Waals surface area contributed by atoms with Gasteiger partial charge >= 0.3 is 0 Å². The number of halogens is 2. The first-order valence-corrected chi connectivity index (χ1v) is 3.48. The van der Waals surface area contributed by atoms with Gasteiger partial charge in [-0.3, -0.25) is 4.79 Å². The molecule has 1 aromatic rings. The topological polar surface area (TPSA) is 17.1 Å². The Morgan fingerprint density at radius 1 is 1.33 bits per heavy atom. The van der Waals surface area contributed by atoms with Crippen LogP contribution in [0.3, 0.4) is 0 Å². The van der Waals surface area contributed by atoms with Crippen LogP contribution in [0, 0.1) is 25.5 Å². The Hall–Kier alpha value is -1.25. The Kier molecular flexibility index (Phi) is 2.22. The van der Waals surface area contributed by atoms with Crippen molar-refractivity contribution < 1.29 is 13.6 Å². The normalized spacial score (nSPS) is 10.0. The molecule has 0 aliphatic carbocycles. The van der Waals surface area contributed by atoms with Crippen LogP contribution in [0.4, 0.5) is 8.78 Å². The Morgan fingerprint density at radius 2 is 1.92 bits per heavy atom. The minimum Gasteiger partial charge on any atom is -0.298 e. The fourth-order valence-corrected chi connectivity index (χ4v) is 1.01. The highest BCUT2D eigenvalue weighted by molar-refractivity contribution is 5.78. The van der Waals surface area contributed by atoms with Gasteiger partial charge in [0.2, 0.25) is 0 Å². The van der Waals surface area contributed by atoms with Crippen LogP contribution >= 0.6 is 0 Å². The van der Waals surface area contributed by atoms with Crippen LogP contribution in [-0.4, -0.2) is 6.29 Å². The summed E-state index contributed by atoms with van der Waals surface area (Å²) in [5.41, 5.74) is 0.0285. The van der Waals surface area contributed by atoms with Gasteiger partial charge in [0.05, 0.1) is 5.56 Å². The van der Waals surface area contributed by atoms with Gasteiger partial charge in [0.25, 0.3) is 0 Å². The van der Waals surface area contributed by atoms with Gasteiger partial charge in [0.1, 0.15) is 11.6 Å². The van der Waals surface area contributed by atoms with Crippen LogP contribution in [0.5, 0.6) is 0 Å². The van der Waals surface area contributed by atoms with E-state index in [0.29, 0.717) is 6.29 Å². The van der Waals surface area contributed by atoms with E-state index in [4.69, 9.17) is 0 Å². The molecule has 1 nitrogen and oxygen atoms in total. The van der Waals surface area contributed by atoms with Gasteiger partial charge in [-0.2, -0.15) is 0 Å². The number of rotatable bonds is 1. The predicted molar refractivity (Wildman–Crippen MR) is 41.2 cm³/mol. The highest BCUT2D eigenvalue weighted by atomic mass is 19.1. The van der Waals surface area contributed by atoms with Gasteiger partial charge in [-0.1, -0.05) is 0 Å². The van der Waals surface area contributed by atoms with E-state index in [0.717, 1.165) is 6.07 Å². The van der Waals surface area contributed by atoms with Gasteiger partial charge in [-0.25, -0.2) is 8.78 Å². The van der Waals surface area contributed by atoms with Gasteiger partial charge in [0.15, 0.2) is 6.29 Å². The van der Waals surface area contributed by atoms with Crippen LogP contribution in [0.15, 0.2) is 6.07 Å². The Labute approximate surface area is 69.0 Å². The summed E-state index contributed by atoms with van der Waals surface area (Å²) in [5.74, 6) is -1.18. The zero-order chi connectivity index (χ0) is 9.30. The van der Waals surface area contributed by atoms with Crippen molar-refractivity contribution in [2.75, 3.05) is 0 Å². The van der Waals surface area contributed by atoms with E-state index in [1.807, 2.05) is 0 Å². The molecule has 1 rings (SSSR count). The highest BCUT2D eigenvalue weighted by Gasteiger charge is 2.11. The molecule has 0 heterocycles. The molecule has 3 heteroatoms. The zero-order valence-corrected chi connectivity index (χ0v) is 6.82. The molecule has 0 radical (unpaired) electrons. The van der Waals surface area contributed by atoms with Crippen molar-refractivity contribution >= 4 is 6.29 Å². The van der Waals surface area contributed by atoms with Crippen LogP contribution in [0.1, 0.15) is 21.5 Å². The molecule has 0 aromatic heterocycles. The maximum Gasteiger partial charge on any atom is 0.153 e. The molecular formula is C9H8F2O. The summed E-state index contributed by atoms with van der Waals surface area (Å²) in [5, 5.41) is 0. The van der Waals surface area contributed by atoms with Crippen molar-refractivity contribution in [1.29, 1.82) is 0 Å². The smallest absolute Gasteiger partial charge is 0.153 e. The third-order valence-electron chi connectivity index (χ3n) is 1.81. The molecule has 64 valence electrons. The van der Waals surface area contributed by atoms with Gasteiger partial charge < -0.3 is 0 Å². The summed E-state index contributed by atoms with van der Waals surface area (Å²) in [4.78, 5) is 10.3. The summed E-state index contributed by atoms with van der Waals surface area (Å²) in [6, 6.07) is 1.08. The first-order chi connectivity index (χ1) is 5.57. The lowest BCUT2D eigenvalue weighted by molar-refractivity contribution is 0.111. The number of aryl methyl sites for hydroxylation is 1. The minimum absolute atomic E-state index is 0.0631. The quantitative estimate of drug-likeness (QED) is 0.591. The highest BCUT2D eigenvalue weighted by Crippen LogP contribution is 2.18. The Morgan fingerprint density at radius 3 is 2.42 bits per heavy atom. The van der Waals surface area contributed by atoms with Gasteiger partial charge in [0, 0.05) is 0 Å². The standard InChI is InChI=1S/C9H8F2O/c1-5-3-8(10)6(2)7(4-12)9(5)11/h3-4H,1-2H3. The van der Waals surface area contributed by atoms with E-state index in [9.17, 15) is 13.6 Å². The third-order valence-corrected chi connectivity index (χ3v) is 1.81. The predicted octanol–water partition coefficient (Wildman–Crippen LogP) is 2.39. The number of aldehydes is 1. The molecule has 0 bridgehead atoms. The van der Waals surface area contributed by atoms with E-state index in [2.05, 4.69) is 0 Å². The maximum absolute atomic E-state index is 13.0. The lowest BCUT2D eigenvalue weighted by Gasteiger charge is -2.04. The van der Waals surface area contributed by atoms with Crippen LogP contribution in [0.2, 0.25) is 0 Å². The van der Waals surface area contributed by atoms with Crippen molar-refractivity contribution in [3.05, 3.63) is 34.4 Å². The van der Waals surface area contributed by atoms with Crippen molar-refractivity contribution in [2.24, 2.45) is 0 Å². The lowest BCUT2D eigenvalue weighted by atomic mass is 10.1. The number of hydrogen-bond acceptors (Lipinski definition) is 1. The fraction of sp³-hybridized carbons (Fsp3) is 0.222. The molecule has 0 spiro atoms. The second-order valence-corrected chi connectivity index (χ2v) is 2.65. The van der Waals surface area contributed by atoms with E-state index in [1.54, 1.807) is 0 Å². The molecule has 0 aliphatic rings. The minimum atomic E-state index is -0.635. The van der Waals surface area contributed by atoms with Crippen molar-refractivity contribution in [1.82, 2.24) is 0 Å².